The molecular formula is C17H17ClN2O3. The molecule has 0 saturated heterocycles. The first kappa shape index (κ1) is 15.5. The van der Waals surface area contributed by atoms with Gasteiger partial charge in [0.1, 0.15) is 0 Å². The molecule has 23 heavy (non-hydrogen) atoms. The van der Waals surface area contributed by atoms with Crippen molar-refractivity contribution in [1.29, 1.82) is 0 Å². The van der Waals surface area contributed by atoms with Crippen molar-refractivity contribution in [2.24, 2.45) is 0 Å². The minimum Gasteiger partial charge on any atom is -0.454 e. The van der Waals surface area contributed by atoms with Crippen LogP contribution in [0.5, 0.6) is 11.5 Å². The second-order valence-corrected chi connectivity index (χ2v) is 5.69. The summed E-state index contributed by atoms with van der Waals surface area (Å²) >= 11 is 5.90. The number of hydrogen-bond donors (Lipinski definition) is 2. The molecule has 0 spiro atoms. The summed E-state index contributed by atoms with van der Waals surface area (Å²) in [5.74, 6) is 1.41. The Labute approximate surface area is 139 Å². The number of rotatable bonds is 5. The summed E-state index contributed by atoms with van der Waals surface area (Å²) in [7, 11) is 0. The standard InChI is InChI=1S/C17H17ClN2O3/c1-11-8-12(18)2-4-14(11)20-17(21)6-7-19-13-3-5-15-16(9-13)23-10-22-15/h2-5,8-9,19H,6-7,10H2,1H3,(H,20,21). The highest BCUT2D eigenvalue weighted by Crippen LogP contribution is 2.34. The lowest BCUT2D eigenvalue weighted by atomic mass is 10.2. The fraction of sp³-hybridized carbons (Fsp3) is 0.235. The number of ether oxygens (including phenoxy) is 2. The van der Waals surface area contributed by atoms with Crippen LogP contribution in [0.4, 0.5) is 11.4 Å². The zero-order valence-electron chi connectivity index (χ0n) is 12.7. The second kappa shape index (κ2) is 6.79. The molecule has 2 aromatic rings. The Morgan fingerprint density at radius 3 is 2.83 bits per heavy atom. The second-order valence-electron chi connectivity index (χ2n) is 5.25. The number of anilines is 2. The lowest BCUT2D eigenvalue weighted by Gasteiger charge is -2.10. The van der Waals surface area contributed by atoms with Crippen LogP contribution >= 0.6 is 11.6 Å². The van der Waals surface area contributed by atoms with Crippen molar-refractivity contribution >= 4 is 28.9 Å². The lowest BCUT2D eigenvalue weighted by molar-refractivity contribution is -0.115. The number of carbonyl (C=O) groups excluding carboxylic acids is 1. The molecule has 0 radical (unpaired) electrons. The van der Waals surface area contributed by atoms with Gasteiger partial charge in [-0.1, -0.05) is 11.6 Å². The molecule has 120 valence electrons. The van der Waals surface area contributed by atoms with E-state index in [2.05, 4.69) is 10.6 Å². The number of hydrogen-bond acceptors (Lipinski definition) is 4. The molecule has 6 heteroatoms. The number of benzene rings is 2. The van der Waals surface area contributed by atoms with Crippen LogP contribution in [0.25, 0.3) is 0 Å². The minimum absolute atomic E-state index is 0.0522. The number of nitrogens with one attached hydrogen (secondary N) is 2. The highest BCUT2D eigenvalue weighted by molar-refractivity contribution is 6.30. The highest BCUT2D eigenvalue weighted by atomic mass is 35.5. The molecule has 0 saturated carbocycles. The Bertz CT molecular complexity index is 734. The van der Waals surface area contributed by atoms with Crippen LogP contribution in [-0.2, 0) is 4.79 Å². The summed E-state index contributed by atoms with van der Waals surface area (Å²) in [6, 6.07) is 11.0. The Hall–Kier alpha value is -2.40. The maximum atomic E-state index is 12.0. The normalized spacial score (nSPS) is 12.1. The molecule has 0 unspecified atom stereocenters. The van der Waals surface area contributed by atoms with Crippen LogP contribution < -0.4 is 20.1 Å². The van der Waals surface area contributed by atoms with Crippen molar-refractivity contribution in [1.82, 2.24) is 0 Å². The average Bonchev–Trinajstić information content (AvgIpc) is 2.98. The molecule has 1 aliphatic rings. The molecule has 5 nitrogen and oxygen atoms in total. The topological polar surface area (TPSA) is 59.6 Å². The van der Waals surface area contributed by atoms with Gasteiger partial charge >= 0.3 is 0 Å². The first-order valence-electron chi connectivity index (χ1n) is 7.31. The third-order valence-electron chi connectivity index (χ3n) is 3.52. The fourth-order valence-corrected chi connectivity index (χ4v) is 2.53. The van der Waals surface area contributed by atoms with Crippen LogP contribution in [0.15, 0.2) is 36.4 Å². The maximum absolute atomic E-state index is 12.0. The van der Waals surface area contributed by atoms with Gasteiger partial charge in [-0.25, -0.2) is 0 Å². The summed E-state index contributed by atoms with van der Waals surface area (Å²) in [5.41, 5.74) is 2.61. The van der Waals surface area contributed by atoms with E-state index in [1.807, 2.05) is 31.2 Å². The highest BCUT2D eigenvalue weighted by Gasteiger charge is 2.13. The Morgan fingerprint density at radius 2 is 2.00 bits per heavy atom. The van der Waals surface area contributed by atoms with E-state index >= 15 is 0 Å². The van der Waals surface area contributed by atoms with Gasteiger partial charge < -0.3 is 20.1 Å². The zero-order valence-corrected chi connectivity index (χ0v) is 13.4. The molecule has 2 aromatic carbocycles. The molecule has 0 aromatic heterocycles. The van der Waals surface area contributed by atoms with Crippen molar-refractivity contribution in [2.75, 3.05) is 24.0 Å². The van der Waals surface area contributed by atoms with E-state index in [0.29, 0.717) is 18.0 Å². The van der Waals surface area contributed by atoms with Crippen molar-refractivity contribution in [3.8, 4) is 11.5 Å². The molecule has 0 aliphatic carbocycles. The van der Waals surface area contributed by atoms with Gasteiger partial charge in [-0.15, -0.1) is 0 Å². The molecule has 1 aliphatic heterocycles. The van der Waals surface area contributed by atoms with Gasteiger partial charge in [0.25, 0.3) is 0 Å². The van der Waals surface area contributed by atoms with Gasteiger partial charge in [0.15, 0.2) is 11.5 Å². The van der Waals surface area contributed by atoms with E-state index in [4.69, 9.17) is 21.1 Å². The SMILES string of the molecule is Cc1cc(Cl)ccc1NC(=O)CCNc1ccc2c(c1)OCO2. The molecule has 1 heterocycles. The Balaban J connectivity index is 1.49. The first-order chi connectivity index (χ1) is 11.1. The van der Waals surface area contributed by atoms with Gasteiger partial charge in [0.2, 0.25) is 12.7 Å². The summed E-state index contributed by atoms with van der Waals surface area (Å²) in [4.78, 5) is 12.0. The van der Waals surface area contributed by atoms with Gasteiger partial charge in [-0.05, 0) is 42.8 Å². The number of halogens is 1. The minimum atomic E-state index is -0.0522. The van der Waals surface area contributed by atoms with Crippen molar-refractivity contribution < 1.29 is 14.3 Å². The van der Waals surface area contributed by atoms with E-state index in [1.165, 1.54) is 0 Å². The molecule has 0 bridgehead atoms. The van der Waals surface area contributed by atoms with Crippen molar-refractivity contribution in [3.63, 3.8) is 0 Å². The number of amides is 1. The van der Waals surface area contributed by atoms with Gasteiger partial charge in [0, 0.05) is 35.4 Å². The van der Waals surface area contributed by atoms with Crippen molar-refractivity contribution in [3.05, 3.63) is 47.0 Å². The van der Waals surface area contributed by atoms with Crippen LogP contribution in [0.2, 0.25) is 5.02 Å². The molecule has 0 fully saturated rings. The third-order valence-corrected chi connectivity index (χ3v) is 3.75. The quantitative estimate of drug-likeness (QED) is 0.874. The monoisotopic (exact) mass is 332 g/mol. The smallest absolute Gasteiger partial charge is 0.231 e. The van der Waals surface area contributed by atoms with Crippen LogP contribution in [0.3, 0.4) is 0 Å². The van der Waals surface area contributed by atoms with E-state index in [0.717, 1.165) is 28.4 Å². The predicted molar refractivity (Wildman–Crippen MR) is 90.5 cm³/mol. The van der Waals surface area contributed by atoms with Gasteiger partial charge in [-0.2, -0.15) is 0 Å². The summed E-state index contributed by atoms with van der Waals surface area (Å²) < 4.78 is 10.6. The molecule has 3 rings (SSSR count). The molecule has 0 atom stereocenters. The first-order valence-corrected chi connectivity index (χ1v) is 7.69. The van der Waals surface area contributed by atoms with Crippen molar-refractivity contribution in [2.45, 2.75) is 13.3 Å². The number of aryl methyl sites for hydroxylation is 1. The molecular weight excluding hydrogens is 316 g/mol. The van der Waals surface area contributed by atoms with E-state index in [9.17, 15) is 4.79 Å². The van der Waals surface area contributed by atoms with E-state index in [-0.39, 0.29) is 12.7 Å². The Morgan fingerprint density at radius 1 is 1.17 bits per heavy atom. The van der Waals surface area contributed by atoms with Gasteiger partial charge in [0.05, 0.1) is 0 Å². The molecule has 1 amide bonds. The zero-order chi connectivity index (χ0) is 16.2. The fourth-order valence-electron chi connectivity index (χ4n) is 2.31. The summed E-state index contributed by atoms with van der Waals surface area (Å²) in [6.45, 7) is 2.69. The third kappa shape index (κ3) is 3.87. The number of carbonyl (C=O) groups is 1. The van der Waals surface area contributed by atoms with Crippen LogP contribution in [-0.4, -0.2) is 19.2 Å². The Kier molecular flexibility index (Phi) is 4.57. The van der Waals surface area contributed by atoms with Crippen LogP contribution in [0, 0.1) is 6.92 Å². The number of fused-ring (bicyclic) bond motifs is 1. The average molecular weight is 333 g/mol. The van der Waals surface area contributed by atoms with E-state index in [1.54, 1.807) is 12.1 Å². The lowest BCUT2D eigenvalue weighted by Crippen LogP contribution is -2.16. The van der Waals surface area contributed by atoms with E-state index < -0.39 is 0 Å². The maximum Gasteiger partial charge on any atom is 0.231 e. The summed E-state index contributed by atoms with van der Waals surface area (Å²) in [5, 5.41) is 6.74. The van der Waals surface area contributed by atoms with Crippen LogP contribution in [0.1, 0.15) is 12.0 Å². The molecule has 2 N–H and O–H groups in total. The summed E-state index contributed by atoms with van der Waals surface area (Å²) in [6.07, 6.45) is 0.358. The van der Waals surface area contributed by atoms with Gasteiger partial charge in [-0.3, -0.25) is 4.79 Å². The predicted octanol–water partition coefficient (Wildman–Crippen LogP) is 3.82. The largest absolute Gasteiger partial charge is 0.454 e.